The van der Waals surface area contributed by atoms with E-state index in [4.69, 9.17) is 4.74 Å². The molecule has 0 saturated carbocycles. The minimum atomic E-state index is -0.510. The van der Waals surface area contributed by atoms with Crippen LogP contribution in [-0.2, 0) is 28.1 Å². The van der Waals surface area contributed by atoms with E-state index in [1.807, 2.05) is 71.6 Å². The monoisotopic (exact) mass is 499 g/mol. The number of piperidine rings is 1. The smallest absolute Gasteiger partial charge is 0.407 e. The standard InChI is InChI=1S/C31H37N3O3/c1-33(2)31(28-16-10-5-11-17-28)18-20-34(21-19-31)29(35)27(22-25-12-6-3-7-13-25)23-32-30(36)37-24-26-14-8-4-9-15-26/h3-17,27H,18-24H2,1-2H3,(H,32,36). The number of carbonyl (C=O) groups is 2. The molecule has 0 spiro atoms. The van der Waals surface area contributed by atoms with Crippen molar-refractivity contribution in [3.63, 3.8) is 0 Å². The van der Waals surface area contributed by atoms with Crippen molar-refractivity contribution in [2.45, 2.75) is 31.4 Å². The number of amides is 2. The second-order valence-corrected chi connectivity index (χ2v) is 9.95. The molecule has 1 saturated heterocycles. The molecule has 3 aromatic rings. The lowest BCUT2D eigenvalue weighted by atomic mass is 9.79. The van der Waals surface area contributed by atoms with Crippen molar-refractivity contribution in [3.05, 3.63) is 108 Å². The molecule has 1 heterocycles. The number of rotatable bonds is 9. The summed E-state index contributed by atoms with van der Waals surface area (Å²) < 4.78 is 5.38. The lowest BCUT2D eigenvalue weighted by molar-refractivity contribution is -0.138. The molecule has 37 heavy (non-hydrogen) atoms. The van der Waals surface area contributed by atoms with Gasteiger partial charge in [-0.1, -0.05) is 91.0 Å². The van der Waals surface area contributed by atoms with Crippen LogP contribution in [0.3, 0.4) is 0 Å². The second kappa shape index (κ2) is 12.5. The highest BCUT2D eigenvalue weighted by Crippen LogP contribution is 2.37. The maximum atomic E-state index is 13.7. The van der Waals surface area contributed by atoms with Gasteiger partial charge in [0.2, 0.25) is 5.91 Å². The molecular weight excluding hydrogens is 462 g/mol. The zero-order chi connectivity index (χ0) is 26.1. The fraction of sp³-hybridized carbons (Fsp3) is 0.355. The zero-order valence-corrected chi connectivity index (χ0v) is 21.8. The fourth-order valence-corrected chi connectivity index (χ4v) is 5.22. The molecule has 6 nitrogen and oxygen atoms in total. The van der Waals surface area contributed by atoms with E-state index in [1.165, 1.54) is 5.56 Å². The van der Waals surface area contributed by atoms with Crippen LogP contribution >= 0.6 is 0 Å². The average Bonchev–Trinajstić information content (AvgIpc) is 2.95. The number of likely N-dealkylation sites (tertiary alicyclic amines) is 1. The Bertz CT molecular complexity index is 1130. The summed E-state index contributed by atoms with van der Waals surface area (Å²) in [5.74, 6) is -0.289. The summed E-state index contributed by atoms with van der Waals surface area (Å²) >= 11 is 0. The van der Waals surface area contributed by atoms with Crippen LogP contribution in [0.5, 0.6) is 0 Å². The molecule has 0 bridgehead atoms. The number of hydrogen-bond donors (Lipinski definition) is 1. The normalized spacial score (nSPS) is 15.7. The molecule has 1 unspecified atom stereocenters. The lowest BCUT2D eigenvalue weighted by Crippen LogP contribution is -2.53. The van der Waals surface area contributed by atoms with Gasteiger partial charge in [-0.2, -0.15) is 0 Å². The third kappa shape index (κ3) is 6.77. The van der Waals surface area contributed by atoms with Crippen molar-refractivity contribution in [1.29, 1.82) is 0 Å². The van der Waals surface area contributed by atoms with E-state index in [9.17, 15) is 9.59 Å². The Hall–Kier alpha value is -3.64. The number of alkyl carbamates (subject to hydrolysis) is 1. The Morgan fingerprint density at radius 1 is 0.865 bits per heavy atom. The van der Waals surface area contributed by atoms with E-state index in [-0.39, 0.29) is 30.5 Å². The lowest BCUT2D eigenvalue weighted by Gasteiger charge is -2.47. The van der Waals surface area contributed by atoms with Gasteiger partial charge in [-0.25, -0.2) is 4.79 Å². The molecule has 0 aromatic heterocycles. The zero-order valence-electron chi connectivity index (χ0n) is 21.8. The van der Waals surface area contributed by atoms with Gasteiger partial charge in [-0.15, -0.1) is 0 Å². The SMILES string of the molecule is CN(C)C1(c2ccccc2)CCN(C(=O)C(CNC(=O)OCc2ccccc2)Cc2ccccc2)CC1. The predicted octanol–water partition coefficient (Wildman–Crippen LogP) is 4.85. The molecule has 2 amide bonds. The van der Waals surface area contributed by atoms with E-state index in [0.29, 0.717) is 19.5 Å². The number of nitrogens with one attached hydrogen (secondary N) is 1. The molecule has 194 valence electrons. The first kappa shape index (κ1) is 26.4. The quantitative estimate of drug-likeness (QED) is 0.457. The Balaban J connectivity index is 1.40. The van der Waals surface area contributed by atoms with E-state index in [2.05, 4.69) is 48.6 Å². The van der Waals surface area contributed by atoms with Crippen LogP contribution < -0.4 is 5.32 Å². The number of carbonyl (C=O) groups excluding carboxylic acids is 2. The molecule has 1 aliphatic heterocycles. The molecule has 0 aliphatic carbocycles. The van der Waals surface area contributed by atoms with Crippen LogP contribution in [0.4, 0.5) is 4.79 Å². The van der Waals surface area contributed by atoms with Crippen LogP contribution in [0.25, 0.3) is 0 Å². The van der Waals surface area contributed by atoms with Gasteiger partial charge in [0.1, 0.15) is 6.61 Å². The van der Waals surface area contributed by atoms with Gasteiger partial charge in [0.25, 0.3) is 0 Å². The molecule has 1 N–H and O–H groups in total. The summed E-state index contributed by atoms with van der Waals surface area (Å²) in [5.41, 5.74) is 3.19. The Morgan fingerprint density at radius 2 is 1.41 bits per heavy atom. The summed E-state index contributed by atoms with van der Waals surface area (Å²) in [6.07, 6.45) is 1.77. The van der Waals surface area contributed by atoms with Crippen molar-refractivity contribution >= 4 is 12.0 Å². The van der Waals surface area contributed by atoms with Crippen molar-refractivity contribution < 1.29 is 14.3 Å². The van der Waals surface area contributed by atoms with E-state index in [0.717, 1.165) is 24.0 Å². The predicted molar refractivity (Wildman–Crippen MR) is 146 cm³/mol. The molecule has 1 aliphatic rings. The maximum Gasteiger partial charge on any atom is 0.407 e. The number of ether oxygens (including phenoxy) is 1. The van der Waals surface area contributed by atoms with Crippen LogP contribution in [0.15, 0.2) is 91.0 Å². The topological polar surface area (TPSA) is 61.9 Å². The minimum absolute atomic E-state index is 0.0765. The molecule has 1 fully saturated rings. The minimum Gasteiger partial charge on any atom is -0.445 e. The summed E-state index contributed by atoms with van der Waals surface area (Å²) in [5, 5.41) is 2.84. The van der Waals surface area contributed by atoms with Crippen LogP contribution in [-0.4, -0.2) is 55.5 Å². The van der Waals surface area contributed by atoms with Crippen LogP contribution in [0.2, 0.25) is 0 Å². The fourth-order valence-electron chi connectivity index (χ4n) is 5.22. The van der Waals surface area contributed by atoms with Gasteiger partial charge in [0.15, 0.2) is 0 Å². The van der Waals surface area contributed by atoms with Gasteiger partial charge in [0, 0.05) is 25.2 Å². The van der Waals surface area contributed by atoms with Gasteiger partial charge in [0.05, 0.1) is 5.92 Å². The van der Waals surface area contributed by atoms with Crippen molar-refractivity contribution in [3.8, 4) is 0 Å². The third-order valence-corrected chi connectivity index (χ3v) is 7.45. The number of benzene rings is 3. The van der Waals surface area contributed by atoms with Gasteiger partial charge < -0.3 is 15.0 Å². The summed E-state index contributed by atoms with van der Waals surface area (Å²) in [6.45, 7) is 1.78. The van der Waals surface area contributed by atoms with E-state index in [1.54, 1.807) is 0 Å². The highest BCUT2D eigenvalue weighted by Gasteiger charge is 2.40. The summed E-state index contributed by atoms with van der Waals surface area (Å²) in [6, 6.07) is 30.1. The van der Waals surface area contributed by atoms with Crippen molar-refractivity contribution in [1.82, 2.24) is 15.1 Å². The number of hydrogen-bond acceptors (Lipinski definition) is 4. The highest BCUT2D eigenvalue weighted by molar-refractivity contribution is 5.80. The molecule has 1 atom stereocenters. The maximum absolute atomic E-state index is 13.7. The first-order chi connectivity index (χ1) is 18.0. The Kier molecular flexibility index (Phi) is 8.96. The Morgan fingerprint density at radius 3 is 1.97 bits per heavy atom. The molecule has 3 aromatic carbocycles. The first-order valence-electron chi connectivity index (χ1n) is 13.0. The highest BCUT2D eigenvalue weighted by atomic mass is 16.5. The summed E-state index contributed by atoms with van der Waals surface area (Å²) in [7, 11) is 4.24. The van der Waals surface area contributed by atoms with Gasteiger partial charge >= 0.3 is 6.09 Å². The second-order valence-electron chi connectivity index (χ2n) is 9.95. The third-order valence-electron chi connectivity index (χ3n) is 7.45. The molecule has 4 rings (SSSR count). The van der Waals surface area contributed by atoms with Crippen LogP contribution in [0, 0.1) is 5.92 Å². The van der Waals surface area contributed by atoms with Gasteiger partial charge in [-0.3, -0.25) is 9.69 Å². The average molecular weight is 500 g/mol. The van der Waals surface area contributed by atoms with Crippen LogP contribution in [0.1, 0.15) is 29.5 Å². The van der Waals surface area contributed by atoms with Crippen molar-refractivity contribution in [2.75, 3.05) is 33.7 Å². The molecular formula is C31H37N3O3. The number of nitrogens with zero attached hydrogens (tertiary/aromatic N) is 2. The van der Waals surface area contributed by atoms with E-state index < -0.39 is 6.09 Å². The van der Waals surface area contributed by atoms with Crippen molar-refractivity contribution in [2.24, 2.45) is 5.92 Å². The molecule has 0 radical (unpaired) electrons. The summed E-state index contributed by atoms with van der Waals surface area (Å²) in [4.78, 5) is 30.4. The van der Waals surface area contributed by atoms with E-state index >= 15 is 0 Å². The van der Waals surface area contributed by atoms with Gasteiger partial charge in [-0.05, 0) is 50.0 Å². The Labute approximate surface area is 220 Å². The first-order valence-corrected chi connectivity index (χ1v) is 13.0. The molecule has 6 heteroatoms. The largest absolute Gasteiger partial charge is 0.445 e.